The van der Waals surface area contributed by atoms with Crippen LogP contribution in [0.25, 0.3) is 67.5 Å². The van der Waals surface area contributed by atoms with Gasteiger partial charge in [0.1, 0.15) is 0 Å². The highest BCUT2D eigenvalue weighted by molar-refractivity contribution is 5.77. The number of hydrogen-bond acceptors (Lipinski definition) is 4. The molecular weight excluding hydrogens is 502 g/mol. The molecule has 0 fully saturated rings. The van der Waals surface area contributed by atoms with Crippen molar-refractivity contribution in [3.8, 4) is 67.5 Å². The highest BCUT2D eigenvalue weighted by Gasteiger charge is 2.13. The van der Waals surface area contributed by atoms with E-state index in [1.807, 2.05) is 36.5 Å². The third-order valence-electron chi connectivity index (χ3n) is 7.13. The first-order chi connectivity index (χ1) is 20.3. The zero-order valence-electron chi connectivity index (χ0n) is 22.2. The lowest BCUT2D eigenvalue weighted by Gasteiger charge is -2.10. The van der Waals surface area contributed by atoms with E-state index in [9.17, 15) is 0 Å². The van der Waals surface area contributed by atoms with Crippen molar-refractivity contribution in [1.29, 1.82) is 0 Å². The van der Waals surface area contributed by atoms with Gasteiger partial charge in [0.25, 0.3) is 0 Å². The van der Waals surface area contributed by atoms with E-state index >= 15 is 0 Å². The summed E-state index contributed by atoms with van der Waals surface area (Å²) in [5.41, 5.74) is 10.6. The molecule has 0 unspecified atom stereocenters. The Kier molecular flexibility index (Phi) is 6.48. The standard InChI is InChI=1S/C37H25N3O/c1-2-7-26(8-3-1)27-13-17-29(18-14-27)34-24-35(40-37(39-34)36-12-6-22-41-36)30-19-15-28(16-20-30)31-9-4-10-32(23-31)33-11-5-21-38-25-33/h1-25H. The first-order valence-corrected chi connectivity index (χ1v) is 13.5. The summed E-state index contributed by atoms with van der Waals surface area (Å²) in [5.74, 6) is 1.20. The number of hydrogen-bond donors (Lipinski definition) is 0. The lowest BCUT2D eigenvalue weighted by atomic mass is 9.98. The monoisotopic (exact) mass is 527 g/mol. The second-order valence-electron chi connectivity index (χ2n) is 9.78. The molecular formula is C37H25N3O. The Morgan fingerprint density at radius 1 is 0.415 bits per heavy atom. The van der Waals surface area contributed by atoms with Crippen LogP contribution in [0, 0.1) is 0 Å². The summed E-state index contributed by atoms with van der Waals surface area (Å²) in [6.07, 6.45) is 5.33. The fourth-order valence-electron chi connectivity index (χ4n) is 4.97. The molecule has 0 saturated heterocycles. The second-order valence-corrected chi connectivity index (χ2v) is 9.78. The van der Waals surface area contributed by atoms with E-state index in [0.717, 1.165) is 50.3 Å². The molecule has 41 heavy (non-hydrogen) atoms. The fraction of sp³-hybridized carbons (Fsp3) is 0. The van der Waals surface area contributed by atoms with E-state index in [4.69, 9.17) is 14.4 Å². The summed E-state index contributed by atoms with van der Waals surface area (Å²) in [4.78, 5) is 14.0. The molecule has 0 aliphatic rings. The van der Waals surface area contributed by atoms with Crippen molar-refractivity contribution in [1.82, 2.24) is 15.0 Å². The van der Waals surface area contributed by atoms with E-state index < -0.39 is 0 Å². The number of nitrogens with zero attached hydrogens (tertiary/aromatic N) is 3. The maximum Gasteiger partial charge on any atom is 0.196 e. The predicted molar refractivity (Wildman–Crippen MR) is 165 cm³/mol. The van der Waals surface area contributed by atoms with Gasteiger partial charge in [0, 0.05) is 29.1 Å². The molecule has 3 aromatic heterocycles. The Hall–Kier alpha value is -5.61. The van der Waals surface area contributed by atoms with Gasteiger partial charge >= 0.3 is 0 Å². The Morgan fingerprint density at radius 2 is 0.976 bits per heavy atom. The quantitative estimate of drug-likeness (QED) is 0.216. The second kappa shape index (κ2) is 10.9. The van der Waals surface area contributed by atoms with Crippen LogP contribution < -0.4 is 0 Å². The van der Waals surface area contributed by atoms with Crippen LogP contribution in [0.4, 0.5) is 0 Å². The van der Waals surface area contributed by atoms with Crippen LogP contribution in [0.2, 0.25) is 0 Å². The smallest absolute Gasteiger partial charge is 0.196 e. The van der Waals surface area contributed by atoms with Crippen LogP contribution in [-0.2, 0) is 0 Å². The zero-order chi connectivity index (χ0) is 27.4. The number of rotatable bonds is 6. The molecule has 0 aliphatic carbocycles. The Morgan fingerprint density at radius 3 is 1.59 bits per heavy atom. The zero-order valence-corrected chi connectivity index (χ0v) is 22.2. The first-order valence-electron chi connectivity index (χ1n) is 13.5. The summed E-state index contributed by atoms with van der Waals surface area (Å²) in [6, 6.07) is 45.7. The maximum atomic E-state index is 5.67. The summed E-state index contributed by atoms with van der Waals surface area (Å²) in [5, 5.41) is 0. The van der Waals surface area contributed by atoms with E-state index in [2.05, 4.69) is 108 Å². The SMILES string of the molecule is c1ccc(-c2ccc(-c3cc(-c4ccc(-c5cccc(-c6cccnc6)c5)cc4)nc(-c4ccco4)n3)cc2)cc1. The minimum Gasteiger partial charge on any atom is -0.461 e. The van der Waals surface area contributed by atoms with Crippen molar-refractivity contribution in [3.63, 3.8) is 0 Å². The van der Waals surface area contributed by atoms with Crippen LogP contribution in [0.15, 0.2) is 157 Å². The van der Waals surface area contributed by atoms with Gasteiger partial charge in [-0.3, -0.25) is 4.98 Å². The predicted octanol–water partition coefficient (Wildman–Crippen LogP) is 9.47. The molecule has 3 heterocycles. The fourth-order valence-corrected chi connectivity index (χ4v) is 4.97. The molecule has 194 valence electrons. The van der Waals surface area contributed by atoms with Crippen LogP contribution in [0.3, 0.4) is 0 Å². The summed E-state index contributed by atoms with van der Waals surface area (Å²) >= 11 is 0. The van der Waals surface area contributed by atoms with Gasteiger partial charge in [-0.25, -0.2) is 9.97 Å². The third-order valence-corrected chi connectivity index (χ3v) is 7.13. The van der Waals surface area contributed by atoms with Crippen LogP contribution in [-0.4, -0.2) is 15.0 Å². The van der Waals surface area contributed by atoms with Gasteiger partial charge in [-0.05, 0) is 58.1 Å². The minimum atomic E-state index is 0.558. The third kappa shape index (κ3) is 5.19. The van der Waals surface area contributed by atoms with Gasteiger partial charge in [0.2, 0.25) is 0 Å². The molecule has 0 atom stereocenters. The Bertz CT molecular complexity index is 1900. The maximum absolute atomic E-state index is 5.67. The molecule has 7 rings (SSSR count). The van der Waals surface area contributed by atoms with Crippen LogP contribution in [0.5, 0.6) is 0 Å². The summed E-state index contributed by atoms with van der Waals surface area (Å²) < 4.78 is 5.67. The van der Waals surface area contributed by atoms with E-state index in [1.165, 1.54) is 5.56 Å². The largest absolute Gasteiger partial charge is 0.461 e. The minimum absolute atomic E-state index is 0.558. The van der Waals surface area contributed by atoms with Crippen LogP contribution in [0.1, 0.15) is 0 Å². The molecule has 4 nitrogen and oxygen atoms in total. The molecule has 0 amide bonds. The van der Waals surface area contributed by atoms with Gasteiger partial charge in [-0.2, -0.15) is 0 Å². The molecule has 4 heteroatoms. The lowest BCUT2D eigenvalue weighted by Crippen LogP contribution is -1.95. The van der Waals surface area contributed by atoms with Crippen molar-refractivity contribution in [3.05, 3.63) is 152 Å². The molecule has 0 saturated carbocycles. The number of pyridine rings is 1. The molecule has 0 bridgehead atoms. The van der Waals surface area contributed by atoms with Gasteiger partial charge < -0.3 is 4.42 Å². The molecule has 7 aromatic rings. The van der Waals surface area contributed by atoms with Gasteiger partial charge in [0.05, 0.1) is 17.7 Å². The van der Waals surface area contributed by atoms with Crippen molar-refractivity contribution < 1.29 is 4.42 Å². The average Bonchev–Trinajstić information content (AvgIpc) is 3.61. The normalized spacial score (nSPS) is 10.9. The van der Waals surface area contributed by atoms with E-state index in [0.29, 0.717) is 11.6 Å². The van der Waals surface area contributed by atoms with E-state index in [1.54, 1.807) is 12.5 Å². The molecule has 0 spiro atoms. The number of aromatic nitrogens is 3. The lowest BCUT2D eigenvalue weighted by molar-refractivity contribution is 0.577. The topological polar surface area (TPSA) is 51.8 Å². The Labute approximate surface area is 238 Å². The molecule has 0 aliphatic heterocycles. The van der Waals surface area contributed by atoms with Crippen molar-refractivity contribution >= 4 is 0 Å². The highest BCUT2D eigenvalue weighted by Crippen LogP contribution is 2.31. The van der Waals surface area contributed by atoms with Crippen molar-refractivity contribution in [2.24, 2.45) is 0 Å². The highest BCUT2D eigenvalue weighted by atomic mass is 16.3. The molecule has 0 radical (unpaired) electrons. The van der Waals surface area contributed by atoms with Crippen molar-refractivity contribution in [2.75, 3.05) is 0 Å². The van der Waals surface area contributed by atoms with Crippen LogP contribution >= 0.6 is 0 Å². The van der Waals surface area contributed by atoms with E-state index in [-0.39, 0.29) is 0 Å². The molecule has 0 N–H and O–H groups in total. The van der Waals surface area contributed by atoms with Crippen molar-refractivity contribution in [2.45, 2.75) is 0 Å². The van der Waals surface area contributed by atoms with Gasteiger partial charge in [-0.15, -0.1) is 0 Å². The molecule has 4 aromatic carbocycles. The Balaban J connectivity index is 1.24. The number of furan rings is 1. The van der Waals surface area contributed by atoms with Gasteiger partial charge in [-0.1, -0.05) is 103 Å². The summed E-state index contributed by atoms with van der Waals surface area (Å²) in [7, 11) is 0. The summed E-state index contributed by atoms with van der Waals surface area (Å²) in [6.45, 7) is 0. The first kappa shape index (κ1) is 24.4. The number of benzene rings is 4. The van der Waals surface area contributed by atoms with Gasteiger partial charge in [0.15, 0.2) is 11.6 Å². The average molecular weight is 528 g/mol.